The zero-order valence-corrected chi connectivity index (χ0v) is 12.3. The topological polar surface area (TPSA) is 24.4 Å². The van der Waals surface area contributed by atoms with E-state index in [1.807, 2.05) is 30.3 Å². The van der Waals surface area contributed by atoms with Crippen molar-refractivity contribution in [3.63, 3.8) is 0 Å². The minimum absolute atomic E-state index is 0.170. The number of hydrogen-bond acceptors (Lipinski definition) is 2. The molecule has 6 heteroatoms. The third kappa shape index (κ3) is 3.96. The third-order valence-corrected chi connectivity index (χ3v) is 3.42. The minimum atomic E-state index is -4.35. The van der Waals surface area contributed by atoms with E-state index in [2.05, 4.69) is 10.5 Å². The molecule has 0 bridgehead atoms. The van der Waals surface area contributed by atoms with Gasteiger partial charge in [-0.3, -0.25) is 5.43 Å². The number of hydrogen-bond donors (Lipinski definition) is 1. The van der Waals surface area contributed by atoms with Gasteiger partial charge in [0.2, 0.25) is 0 Å². The molecule has 0 aliphatic heterocycles. The van der Waals surface area contributed by atoms with Crippen LogP contribution >= 0.6 is 22.6 Å². The summed E-state index contributed by atoms with van der Waals surface area (Å²) in [6, 6.07) is 13.3. The van der Waals surface area contributed by atoms with Crippen molar-refractivity contribution < 1.29 is 13.2 Å². The normalized spacial score (nSPS) is 11.8. The number of benzene rings is 2. The molecule has 0 aliphatic carbocycles. The van der Waals surface area contributed by atoms with Crippen molar-refractivity contribution in [2.24, 2.45) is 5.10 Å². The SMILES string of the molecule is FC(F)(F)c1cc(C=NNc2ccccc2)ccc1I. The molecule has 2 aromatic carbocycles. The summed E-state index contributed by atoms with van der Waals surface area (Å²) in [5.74, 6) is 0. The summed E-state index contributed by atoms with van der Waals surface area (Å²) in [7, 11) is 0. The Labute approximate surface area is 127 Å². The molecule has 2 aromatic rings. The second-order valence-corrected chi connectivity index (χ2v) is 5.14. The molecule has 0 radical (unpaired) electrons. The molecule has 0 unspecified atom stereocenters. The molecule has 0 amide bonds. The summed E-state index contributed by atoms with van der Waals surface area (Å²) in [4.78, 5) is 0. The standard InChI is InChI=1S/C14H10F3IN2/c15-14(16,17)12-8-10(6-7-13(12)18)9-19-20-11-4-2-1-3-5-11/h1-9,20H. The highest BCUT2D eigenvalue weighted by Crippen LogP contribution is 2.33. The van der Waals surface area contributed by atoms with Gasteiger partial charge in [-0.2, -0.15) is 18.3 Å². The Bertz CT molecular complexity index is 610. The van der Waals surface area contributed by atoms with Gasteiger partial charge in [-0.25, -0.2) is 0 Å². The van der Waals surface area contributed by atoms with E-state index in [4.69, 9.17) is 0 Å². The van der Waals surface area contributed by atoms with Gasteiger partial charge in [0.15, 0.2) is 0 Å². The molecule has 0 saturated heterocycles. The van der Waals surface area contributed by atoms with E-state index in [1.54, 1.807) is 28.7 Å². The predicted octanol–water partition coefficient (Wildman–Crippen LogP) is 4.76. The molecule has 2 rings (SSSR count). The van der Waals surface area contributed by atoms with Crippen LogP contribution in [-0.2, 0) is 6.18 Å². The van der Waals surface area contributed by atoms with E-state index in [1.165, 1.54) is 12.3 Å². The number of nitrogens with one attached hydrogen (secondary N) is 1. The fourth-order valence-electron chi connectivity index (χ4n) is 1.53. The van der Waals surface area contributed by atoms with Crippen molar-refractivity contribution in [1.29, 1.82) is 0 Å². The maximum absolute atomic E-state index is 12.8. The zero-order chi connectivity index (χ0) is 14.6. The van der Waals surface area contributed by atoms with Crippen LogP contribution in [0.15, 0.2) is 53.6 Å². The lowest BCUT2D eigenvalue weighted by Crippen LogP contribution is -2.08. The van der Waals surface area contributed by atoms with E-state index in [0.29, 0.717) is 5.56 Å². The van der Waals surface area contributed by atoms with Gasteiger partial charge in [0.05, 0.1) is 17.5 Å². The molecule has 0 fully saturated rings. The lowest BCUT2D eigenvalue weighted by molar-refractivity contribution is -0.138. The van der Waals surface area contributed by atoms with Gasteiger partial charge in [0.1, 0.15) is 0 Å². The largest absolute Gasteiger partial charge is 0.417 e. The monoisotopic (exact) mass is 390 g/mol. The van der Waals surface area contributed by atoms with Crippen LogP contribution in [0.4, 0.5) is 18.9 Å². The molecule has 0 aliphatic rings. The molecule has 0 saturated carbocycles. The van der Waals surface area contributed by atoms with E-state index in [0.717, 1.165) is 11.8 Å². The molecule has 104 valence electrons. The average Bonchev–Trinajstić information content (AvgIpc) is 2.40. The van der Waals surface area contributed by atoms with Crippen molar-refractivity contribution in [3.8, 4) is 0 Å². The van der Waals surface area contributed by atoms with Crippen LogP contribution in [-0.4, -0.2) is 6.21 Å². The predicted molar refractivity (Wildman–Crippen MR) is 81.8 cm³/mol. The first-order chi connectivity index (χ1) is 9.47. The summed E-state index contributed by atoms with van der Waals surface area (Å²) < 4.78 is 38.4. The summed E-state index contributed by atoms with van der Waals surface area (Å²) >= 11 is 1.67. The molecule has 2 nitrogen and oxygen atoms in total. The van der Waals surface area contributed by atoms with Crippen LogP contribution in [0.3, 0.4) is 0 Å². The molecular weight excluding hydrogens is 380 g/mol. The van der Waals surface area contributed by atoms with Crippen LogP contribution in [0.25, 0.3) is 0 Å². The molecular formula is C14H10F3IN2. The summed E-state index contributed by atoms with van der Waals surface area (Å²) in [6.45, 7) is 0. The molecule has 0 spiro atoms. The minimum Gasteiger partial charge on any atom is -0.279 e. The molecule has 0 heterocycles. The summed E-state index contributed by atoms with van der Waals surface area (Å²) in [6.07, 6.45) is -2.99. The van der Waals surface area contributed by atoms with E-state index < -0.39 is 11.7 Å². The van der Waals surface area contributed by atoms with Gasteiger partial charge < -0.3 is 0 Å². The van der Waals surface area contributed by atoms with Crippen LogP contribution < -0.4 is 5.43 Å². The van der Waals surface area contributed by atoms with Crippen LogP contribution in [0.1, 0.15) is 11.1 Å². The van der Waals surface area contributed by atoms with E-state index in [-0.39, 0.29) is 3.57 Å². The Hall–Kier alpha value is -1.57. The van der Waals surface area contributed by atoms with E-state index in [9.17, 15) is 13.2 Å². The fourth-order valence-corrected chi connectivity index (χ4v) is 2.18. The Kier molecular flexibility index (Phi) is 4.64. The third-order valence-electron chi connectivity index (χ3n) is 2.48. The van der Waals surface area contributed by atoms with Crippen LogP contribution in [0.5, 0.6) is 0 Å². The van der Waals surface area contributed by atoms with Crippen molar-refractivity contribution >= 4 is 34.5 Å². The highest BCUT2D eigenvalue weighted by atomic mass is 127. The number of hydrazone groups is 1. The van der Waals surface area contributed by atoms with Crippen molar-refractivity contribution in [3.05, 3.63) is 63.2 Å². The maximum Gasteiger partial charge on any atom is 0.417 e. The molecule has 20 heavy (non-hydrogen) atoms. The zero-order valence-electron chi connectivity index (χ0n) is 10.2. The second-order valence-electron chi connectivity index (χ2n) is 3.97. The first-order valence-electron chi connectivity index (χ1n) is 5.68. The highest BCUT2D eigenvalue weighted by Gasteiger charge is 2.32. The van der Waals surface area contributed by atoms with Crippen molar-refractivity contribution in [2.75, 3.05) is 5.43 Å². The van der Waals surface area contributed by atoms with Crippen LogP contribution in [0, 0.1) is 3.57 Å². The van der Waals surface area contributed by atoms with Crippen molar-refractivity contribution in [1.82, 2.24) is 0 Å². The Balaban J connectivity index is 2.14. The quantitative estimate of drug-likeness (QED) is 0.457. The number of para-hydroxylation sites is 1. The van der Waals surface area contributed by atoms with Crippen LogP contribution in [0.2, 0.25) is 0 Å². The smallest absolute Gasteiger partial charge is 0.279 e. The number of anilines is 1. The van der Waals surface area contributed by atoms with Gasteiger partial charge in [-0.05, 0) is 52.4 Å². The van der Waals surface area contributed by atoms with Gasteiger partial charge >= 0.3 is 6.18 Å². The average molecular weight is 390 g/mol. The van der Waals surface area contributed by atoms with Crippen molar-refractivity contribution in [2.45, 2.75) is 6.18 Å². The second kappa shape index (κ2) is 6.25. The maximum atomic E-state index is 12.8. The lowest BCUT2D eigenvalue weighted by Gasteiger charge is -2.09. The number of nitrogens with zero attached hydrogens (tertiary/aromatic N) is 1. The Morgan fingerprint density at radius 1 is 1.05 bits per heavy atom. The Morgan fingerprint density at radius 2 is 1.75 bits per heavy atom. The molecule has 0 aromatic heterocycles. The first-order valence-corrected chi connectivity index (χ1v) is 6.75. The highest BCUT2D eigenvalue weighted by molar-refractivity contribution is 14.1. The number of halogens is 4. The fraction of sp³-hybridized carbons (Fsp3) is 0.0714. The summed E-state index contributed by atoms with van der Waals surface area (Å²) in [5, 5.41) is 3.92. The van der Waals surface area contributed by atoms with Gasteiger partial charge in [0, 0.05) is 3.57 Å². The summed E-state index contributed by atoms with van der Waals surface area (Å²) in [5.41, 5.74) is 3.26. The number of alkyl halides is 3. The lowest BCUT2D eigenvalue weighted by atomic mass is 10.1. The first kappa shape index (κ1) is 14.8. The van der Waals surface area contributed by atoms with Gasteiger partial charge in [-0.1, -0.05) is 24.3 Å². The molecule has 0 atom stereocenters. The van der Waals surface area contributed by atoms with Gasteiger partial charge in [-0.15, -0.1) is 0 Å². The number of rotatable bonds is 3. The van der Waals surface area contributed by atoms with Gasteiger partial charge in [0.25, 0.3) is 0 Å². The Morgan fingerprint density at radius 3 is 2.40 bits per heavy atom. The molecule has 1 N–H and O–H groups in total. The van der Waals surface area contributed by atoms with E-state index >= 15 is 0 Å².